The summed E-state index contributed by atoms with van der Waals surface area (Å²) in [6.07, 6.45) is 7.35. The Bertz CT molecular complexity index is 529. The minimum atomic E-state index is -0.400. The largest absolute Gasteiger partial charge is 0.435 e. The highest BCUT2D eigenvalue weighted by molar-refractivity contribution is 5.72. The van der Waals surface area contributed by atoms with Crippen molar-refractivity contribution in [2.24, 2.45) is 47.3 Å². The van der Waals surface area contributed by atoms with Gasteiger partial charge in [-0.25, -0.2) is 0 Å². The van der Waals surface area contributed by atoms with Crippen LogP contribution in [-0.4, -0.2) is 17.9 Å². The summed E-state index contributed by atoms with van der Waals surface area (Å²) < 4.78 is 12.4. The van der Waals surface area contributed by atoms with Crippen molar-refractivity contribution in [3.63, 3.8) is 0 Å². The van der Waals surface area contributed by atoms with Gasteiger partial charge in [-0.1, -0.05) is 27.7 Å². The Morgan fingerprint density at radius 2 is 1.76 bits per heavy atom. The standard InChI is InChI=1S/C22H36O3/c1-6-13(4)20(23)24-21(12(2)3)25-22(5)11-16-10-17(22)19-15-8-7-14(9-15)18(16)19/h12-19,21H,6-11H2,1-5H3. The van der Waals surface area contributed by atoms with Gasteiger partial charge >= 0.3 is 5.97 Å². The van der Waals surface area contributed by atoms with Crippen LogP contribution in [0.2, 0.25) is 0 Å². The minimum absolute atomic E-state index is 0.0485. The third-order valence-electron chi connectivity index (χ3n) is 8.24. The molecule has 4 bridgehead atoms. The lowest BCUT2D eigenvalue weighted by Crippen LogP contribution is -2.48. The maximum absolute atomic E-state index is 12.3. The molecule has 4 fully saturated rings. The highest BCUT2D eigenvalue weighted by Crippen LogP contribution is 2.70. The summed E-state index contributed by atoms with van der Waals surface area (Å²) in [6, 6.07) is 0. The zero-order valence-electron chi connectivity index (χ0n) is 16.7. The Labute approximate surface area is 153 Å². The summed E-state index contributed by atoms with van der Waals surface area (Å²) >= 11 is 0. The first-order valence-electron chi connectivity index (χ1n) is 10.7. The first-order chi connectivity index (χ1) is 11.8. The van der Waals surface area contributed by atoms with Crippen molar-refractivity contribution in [3.8, 4) is 0 Å². The van der Waals surface area contributed by atoms with Crippen LogP contribution in [0.3, 0.4) is 0 Å². The van der Waals surface area contributed by atoms with E-state index in [0.717, 1.165) is 36.0 Å². The van der Waals surface area contributed by atoms with E-state index in [1.165, 1.54) is 32.1 Å². The van der Waals surface area contributed by atoms with Crippen LogP contribution in [0.15, 0.2) is 0 Å². The van der Waals surface area contributed by atoms with Gasteiger partial charge in [0, 0.05) is 5.92 Å². The van der Waals surface area contributed by atoms with Gasteiger partial charge in [0.2, 0.25) is 6.29 Å². The molecular formula is C22H36O3. The molecule has 0 N–H and O–H groups in total. The van der Waals surface area contributed by atoms with Crippen molar-refractivity contribution in [3.05, 3.63) is 0 Å². The molecule has 0 spiro atoms. The zero-order chi connectivity index (χ0) is 17.9. The second-order valence-corrected chi connectivity index (χ2v) is 10.1. The highest BCUT2D eigenvalue weighted by Gasteiger charge is 2.66. The lowest BCUT2D eigenvalue weighted by atomic mass is 9.66. The number of esters is 1. The first kappa shape index (κ1) is 17.8. The Balaban J connectivity index is 1.47. The highest BCUT2D eigenvalue weighted by atomic mass is 16.7. The van der Waals surface area contributed by atoms with Gasteiger partial charge in [-0.05, 0) is 81.0 Å². The van der Waals surface area contributed by atoms with Crippen molar-refractivity contribution >= 4 is 5.97 Å². The van der Waals surface area contributed by atoms with Crippen LogP contribution in [0.4, 0.5) is 0 Å². The van der Waals surface area contributed by atoms with Gasteiger partial charge in [-0.3, -0.25) is 4.79 Å². The molecule has 9 atom stereocenters. The third kappa shape index (κ3) is 2.76. The van der Waals surface area contributed by atoms with Gasteiger partial charge in [0.15, 0.2) is 0 Å². The van der Waals surface area contributed by atoms with Crippen molar-refractivity contribution in [2.45, 2.75) is 85.0 Å². The predicted octanol–water partition coefficient (Wildman–Crippen LogP) is 5.04. The minimum Gasteiger partial charge on any atom is -0.435 e. The van der Waals surface area contributed by atoms with Crippen LogP contribution in [0.5, 0.6) is 0 Å². The molecule has 0 saturated heterocycles. The van der Waals surface area contributed by atoms with E-state index >= 15 is 0 Å². The van der Waals surface area contributed by atoms with Crippen molar-refractivity contribution in [2.75, 3.05) is 0 Å². The summed E-state index contributed by atoms with van der Waals surface area (Å²) in [5.74, 6) is 5.42. The lowest BCUT2D eigenvalue weighted by molar-refractivity contribution is -0.243. The van der Waals surface area contributed by atoms with Crippen LogP contribution >= 0.6 is 0 Å². The predicted molar refractivity (Wildman–Crippen MR) is 97.7 cm³/mol. The van der Waals surface area contributed by atoms with Gasteiger partial charge in [-0.2, -0.15) is 0 Å². The third-order valence-corrected chi connectivity index (χ3v) is 8.24. The topological polar surface area (TPSA) is 35.5 Å². The SMILES string of the molecule is CCC(C)C(=O)OC(OC1(C)CC2CC1C1C3CCC(C3)C21)C(C)C. The Hall–Kier alpha value is -0.570. The van der Waals surface area contributed by atoms with Crippen LogP contribution in [0.25, 0.3) is 0 Å². The van der Waals surface area contributed by atoms with E-state index in [2.05, 4.69) is 20.8 Å². The molecule has 25 heavy (non-hydrogen) atoms. The summed E-state index contributed by atoms with van der Waals surface area (Å²) in [6.45, 7) is 10.5. The van der Waals surface area contributed by atoms with Gasteiger partial charge in [0.1, 0.15) is 0 Å². The number of carbonyl (C=O) groups excluding carboxylic acids is 1. The smallest absolute Gasteiger partial charge is 0.310 e. The Morgan fingerprint density at radius 3 is 2.40 bits per heavy atom. The quantitative estimate of drug-likeness (QED) is 0.383. The summed E-state index contributed by atoms with van der Waals surface area (Å²) in [5.41, 5.74) is -0.0962. The second kappa shape index (κ2) is 6.25. The van der Waals surface area contributed by atoms with Crippen LogP contribution in [-0.2, 0) is 14.3 Å². The second-order valence-electron chi connectivity index (χ2n) is 10.1. The van der Waals surface area contributed by atoms with Crippen LogP contribution < -0.4 is 0 Å². The summed E-state index contributed by atoms with van der Waals surface area (Å²) in [4.78, 5) is 12.3. The number of fused-ring (bicyclic) bond motifs is 9. The molecule has 0 aromatic rings. The maximum Gasteiger partial charge on any atom is 0.310 e. The Morgan fingerprint density at radius 1 is 1.08 bits per heavy atom. The van der Waals surface area contributed by atoms with Crippen LogP contribution in [0.1, 0.15) is 73.1 Å². The van der Waals surface area contributed by atoms with E-state index in [1.807, 2.05) is 13.8 Å². The number of carbonyl (C=O) groups is 1. The molecule has 142 valence electrons. The maximum atomic E-state index is 12.3. The van der Waals surface area contributed by atoms with Gasteiger partial charge in [-0.15, -0.1) is 0 Å². The molecule has 0 amide bonds. The van der Waals surface area contributed by atoms with Crippen molar-refractivity contribution < 1.29 is 14.3 Å². The molecule has 4 aliphatic rings. The van der Waals surface area contributed by atoms with Crippen molar-refractivity contribution in [1.82, 2.24) is 0 Å². The monoisotopic (exact) mass is 348 g/mol. The normalized spacial score (nSPS) is 46.5. The van der Waals surface area contributed by atoms with E-state index in [-0.39, 0.29) is 23.4 Å². The van der Waals surface area contributed by atoms with Gasteiger partial charge in [0.05, 0.1) is 11.5 Å². The van der Waals surface area contributed by atoms with E-state index in [4.69, 9.17) is 9.47 Å². The van der Waals surface area contributed by atoms with E-state index in [9.17, 15) is 4.79 Å². The van der Waals surface area contributed by atoms with E-state index in [0.29, 0.717) is 5.92 Å². The molecule has 4 saturated carbocycles. The molecule has 3 heteroatoms. The van der Waals surface area contributed by atoms with E-state index < -0.39 is 6.29 Å². The molecule has 9 unspecified atom stereocenters. The molecule has 0 radical (unpaired) electrons. The summed E-state index contributed by atoms with van der Waals surface area (Å²) in [5, 5.41) is 0. The zero-order valence-corrected chi connectivity index (χ0v) is 16.7. The van der Waals surface area contributed by atoms with E-state index in [1.54, 1.807) is 0 Å². The average Bonchev–Trinajstić information content (AvgIpc) is 3.30. The fourth-order valence-corrected chi connectivity index (χ4v) is 6.96. The molecule has 0 heterocycles. The average molecular weight is 349 g/mol. The molecule has 0 aromatic carbocycles. The van der Waals surface area contributed by atoms with Gasteiger partial charge in [0.25, 0.3) is 0 Å². The molecule has 0 aromatic heterocycles. The number of rotatable bonds is 6. The fraction of sp³-hybridized carbons (Fsp3) is 0.955. The molecular weight excluding hydrogens is 312 g/mol. The number of hydrogen-bond donors (Lipinski definition) is 0. The number of hydrogen-bond acceptors (Lipinski definition) is 3. The lowest BCUT2D eigenvalue weighted by Gasteiger charge is -2.46. The summed E-state index contributed by atoms with van der Waals surface area (Å²) in [7, 11) is 0. The van der Waals surface area contributed by atoms with Crippen molar-refractivity contribution in [1.29, 1.82) is 0 Å². The molecule has 0 aliphatic heterocycles. The Kier molecular flexibility index (Phi) is 4.46. The first-order valence-corrected chi connectivity index (χ1v) is 10.7. The fourth-order valence-electron chi connectivity index (χ4n) is 6.96. The van der Waals surface area contributed by atoms with Gasteiger partial charge < -0.3 is 9.47 Å². The molecule has 3 nitrogen and oxygen atoms in total. The molecule has 4 rings (SSSR count). The molecule has 4 aliphatic carbocycles. The number of ether oxygens (including phenoxy) is 2. The van der Waals surface area contributed by atoms with Crippen LogP contribution in [0, 0.1) is 47.3 Å².